The lowest BCUT2D eigenvalue weighted by atomic mass is 9.93. The van der Waals surface area contributed by atoms with Gasteiger partial charge in [0.1, 0.15) is 0 Å². The summed E-state index contributed by atoms with van der Waals surface area (Å²) in [6.45, 7) is 0. The molecule has 46 heavy (non-hydrogen) atoms. The Hall–Kier alpha value is -5.88. The van der Waals surface area contributed by atoms with Gasteiger partial charge in [-0.15, -0.1) is 0 Å². The minimum absolute atomic E-state index is 0.659. The van der Waals surface area contributed by atoms with E-state index in [-0.39, 0.29) is 0 Å². The van der Waals surface area contributed by atoms with Crippen molar-refractivity contribution in [3.05, 3.63) is 121 Å². The fourth-order valence-corrected chi connectivity index (χ4v) is 5.97. The minimum atomic E-state index is 0.659. The summed E-state index contributed by atoms with van der Waals surface area (Å²) in [6.07, 6.45) is 0. The zero-order valence-corrected chi connectivity index (χ0v) is 26.1. The second kappa shape index (κ2) is 12.3. The Morgan fingerprint density at radius 2 is 0.761 bits per heavy atom. The first kappa shape index (κ1) is 28.9. The zero-order valence-electron chi connectivity index (χ0n) is 26.1. The highest BCUT2D eigenvalue weighted by atomic mass is 16.5. The third-order valence-electron chi connectivity index (χ3n) is 8.29. The van der Waals surface area contributed by atoms with Gasteiger partial charge in [0.25, 0.3) is 0 Å². The van der Waals surface area contributed by atoms with E-state index < -0.39 is 0 Å². The predicted octanol–water partition coefficient (Wildman–Crippen LogP) is 9.49. The van der Waals surface area contributed by atoms with E-state index in [1.807, 2.05) is 60.7 Å². The predicted molar refractivity (Wildman–Crippen MR) is 185 cm³/mol. The second-order valence-electron chi connectivity index (χ2n) is 10.8. The smallest absolute Gasteiger partial charge is 0.161 e. The monoisotopic (exact) mass is 604 g/mol. The summed E-state index contributed by atoms with van der Waals surface area (Å²) in [4.78, 5) is 10.6. The largest absolute Gasteiger partial charge is 0.493 e. The van der Waals surface area contributed by atoms with Crippen LogP contribution < -0.4 is 18.9 Å². The lowest BCUT2D eigenvalue weighted by Crippen LogP contribution is -1.97. The molecular weight excluding hydrogens is 572 g/mol. The number of benzene rings is 5. The lowest BCUT2D eigenvalue weighted by molar-refractivity contribution is 0.355. The van der Waals surface area contributed by atoms with Crippen LogP contribution in [0.1, 0.15) is 0 Å². The molecule has 226 valence electrons. The number of nitrogens with zero attached hydrogens (tertiary/aromatic N) is 2. The Labute approximate surface area is 267 Å². The second-order valence-corrected chi connectivity index (χ2v) is 10.8. The molecule has 0 bridgehead atoms. The van der Waals surface area contributed by atoms with Gasteiger partial charge in [-0.3, -0.25) is 0 Å². The van der Waals surface area contributed by atoms with E-state index in [4.69, 9.17) is 28.9 Å². The molecule has 6 nitrogen and oxygen atoms in total. The van der Waals surface area contributed by atoms with Crippen LogP contribution in [0.2, 0.25) is 0 Å². The molecule has 0 unspecified atom stereocenters. The molecule has 6 heteroatoms. The number of rotatable bonds is 8. The molecule has 0 fully saturated rings. The number of methoxy groups -OCH3 is 4. The van der Waals surface area contributed by atoms with Gasteiger partial charge >= 0.3 is 0 Å². The Morgan fingerprint density at radius 3 is 1.13 bits per heavy atom. The summed E-state index contributed by atoms with van der Waals surface area (Å²) in [5.41, 5.74) is 9.37. The van der Waals surface area contributed by atoms with Crippen molar-refractivity contribution in [2.24, 2.45) is 0 Å². The van der Waals surface area contributed by atoms with Crippen molar-refractivity contribution in [1.82, 2.24) is 9.97 Å². The fourth-order valence-electron chi connectivity index (χ4n) is 5.97. The van der Waals surface area contributed by atoms with Gasteiger partial charge in [0.15, 0.2) is 23.0 Å². The van der Waals surface area contributed by atoms with Crippen molar-refractivity contribution < 1.29 is 18.9 Å². The third-order valence-corrected chi connectivity index (χ3v) is 8.29. The summed E-state index contributed by atoms with van der Waals surface area (Å²) in [5.74, 6) is 2.67. The molecule has 0 radical (unpaired) electrons. The maximum absolute atomic E-state index is 5.69. The average molecular weight is 605 g/mol. The molecule has 2 heterocycles. The normalized spacial score (nSPS) is 11.0. The molecule has 0 saturated heterocycles. The number of aromatic nitrogens is 2. The SMILES string of the molecule is COc1ccc(-c2cc(-c3ccccc3)nc3c2ccc2c(-c4ccc(OC)c(OC)c4)cc(-c4ccccc4)nc23)cc1OC. The molecular formula is C40H32N2O4. The van der Waals surface area contributed by atoms with Crippen LogP contribution in [0.15, 0.2) is 121 Å². The maximum Gasteiger partial charge on any atom is 0.161 e. The molecule has 0 aliphatic carbocycles. The van der Waals surface area contributed by atoms with Gasteiger partial charge in [0.05, 0.1) is 50.9 Å². The Morgan fingerprint density at radius 1 is 0.370 bits per heavy atom. The van der Waals surface area contributed by atoms with Crippen LogP contribution in [0.25, 0.3) is 66.6 Å². The van der Waals surface area contributed by atoms with Crippen molar-refractivity contribution >= 4 is 21.8 Å². The standard InChI is InChI=1S/C40H32N2O4/c1-43-35-19-15-27(21-37(35)45-3)31-23-33(25-11-7-5-8-12-25)41-39-29(31)17-18-30-32(28-16-20-36(44-2)38(22-28)46-4)24-34(42-40(30)39)26-13-9-6-10-14-26/h5-24H,1-4H3. The zero-order chi connectivity index (χ0) is 31.6. The number of pyridine rings is 2. The van der Waals surface area contributed by atoms with Gasteiger partial charge < -0.3 is 18.9 Å². The van der Waals surface area contributed by atoms with Crippen molar-refractivity contribution in [2.75, 3.05) is 28.4 Å². The Balaban J connectivity index is 1.58. The van der Waals surface area contributed by atoms with Gasteiger partial charge in [-0.2, -0.15) is 0 Å². The van der Waals surface area contributed by atoms with Crippen LogP contribution in [0.4, 0.5) is 0 Å². The van der Waals surface area contributed by atoms with Crippen molar-refractivity contribution in [2.45, 2.75) is 0 Å². The molecule has 0 amide bonds. The van der Waals surface area contributed by atoms with Crippen molar-refractivity contribution in [1.29, 1.82) is 0 Å². The van der Waals surface area contributed by atoms with Crippen LogP contribution in [0, 0.1) is 0 Å². The van der Waals surface area contributed by atoms with Gasteiger partial charge in [-0.1, -0.05) is 84.9 Å². The first-order valence-corrected chi connectivity index (χ1v) is 15.0. The van der Waals surface area contributed by atoms with Crippen LogP contribution in [-0.2, 0) is 0 Å². The summed E-state index contributed by atoms with van der Waals surface area (Å²) in [7, 11) is 6.59. The van der Waals surface area contributed by atoms with Gasteiger partial charge in [0.2, 0.25) is 0 Å². The summed E-state index contributed by atoms with van der Waals surface area (Å²) in [5, 5.41) is 1.96. The highest BCUT2D eigenvalue weighted by molar-refractivity contribution is 6.13. The number of ether oxygens (including phenoxy) is 4. The van der Waals surface area contributed by atoms with Crippen LogP contribution in [0.3, 0.4) is 0 Å². The quantitative estimate of drug-likeness (QED) is 0.161. The first-order valence-electron chi connectivity index (χ1n) is 15.0. The summed E-state index contributed by atoms with van der Waals surface area (Å²) in [6, 6.07) is 41.0. The molecule has 0 N–H and O–H groups in total. The molecule has 0 aliphatic heterocycles. The lowest BCUT2D eigenvalue weighted by Gasteiger charge is -2.17. The molecule has 0 spiro atoms. The number of hydrogen-bond donors (Lipinski definition) is 0. The van der Waals surface area contributed by atoms with Crippen LogP contribution in [0.5, 0.6) is 23.0 Å². The van der Waals surface area contributed by atoms with E-state index in [2.05, 4.69) is 60.7 Å². The van der Waals surface area contributed by atoms with E-state index in [9.17, 15) is 0 Å². The van der Waals surface area contributed by atoms with E-state index in [1.54, 1.807) is 28.4 Å². The van der Waals surface area contributed by atoms with Crippen molar-refractivity contribution in [3.8, 4) is 67.8 Å². The highest BCUT2D eigenvalue weighted by Crippen LogP contribution is 2.42. The molecule has 2 aromatic heterocycles. The highest BCUT2D eigenvalue weighted by Gasteiger charge is 2.19. The van der Waals surface area contributed by atoms with E-state index in [0.29, 0.717) is 23.0 Å². The van der Waals surface area contributed by atoms with E-state index in [1.165, 1.54) is 0 Å². The number of hydrogen-bond acceptors (Lipinski definition) is 6. The third kappa shape index (κ3) is 5.14. The Kier molecular flexibility index (Phi) is 7.69. The molecule has 0 saturated carbocycles. The molecule has 7 rings (SSSR count). The molecule has 0 atom stereocenters. The summed E-state index contributed by atoms with van der Waals surface area (Å²) >= 11 is 0. The van der Waals surface area contributed by atoms with E-state index in [0.717, 1.165) is 66.6 Å². The molecule has 5 aromatic carbocycles. The van der Waals surface area contributed by atoms with Crippen LogP contribution >= 0.6 is 0 Å². The fraction of sp³-hybridized carbons (Fsp3) is 0.100. The van der Waals surface area contributed by atoms with Gasteiger partial charge in [-0.05, 0) is 58.7 Å². The van der Waals surface area contributed by atoms with Gasteiger partial charge in [-0.25, -0.2) is 9.97 Å². The average Bonchev–Trinajstić information content (AvgIpc) is 3.13. The summed E-state index contributed by atoms with van der Waals surface area (Å²) < 4.78 is 22.5. The molecule has 7 aromatic rings. The minimum Gasteiger partial charge on any atom is -0.493 e. The van der Waals surface area contributed by atoms with Crippen molar-refractivity contribution in [3.63, 3.8) is 0 Å². The molecule has 0 aliphatic rings. The first-order chi connectivity index (χ1) is 22.6. The topological polar surface area (TPSA) is 62.7 Å². The number of fused-ring (bicyclic) bond motifs is 3. The van der Waals surface area contributed by atoms with Gasteiger partial charge in [0, 0.05) is 21.9 Å². The maximum atomic E-state index is 5.69. The Bertz CT molecular complexity index is 2040. The van der Waals surface area contributed by atoms with Crippen LogP contribution in [-0.4, -0.2) is 38.4 Å². The van der Waals surface area contributed by atoms with E-state index >= 15 is 0 Å².